The molecule has 0 aromatic heterocycles. The Morgan fingerprint density at radius 1 is 1.03 bits per heavy atom. The first-order valence-corrected chi connectivity index (χ1v) is 13.0. The minimum Gasteiger partial charge on any atom is -0.435 e. The highest BCUT2D eigenvalue weighted by atomic mass is 19.3. The van der Waals surface area contributed by atoms with Crippen LogP contribution in [-0.4, -0.2) is 49.5 Å². The largest absolute Gasteiger partial charge is 0.435 e. The van der Waals surface area contributed by atoms with Crippen LogP contribution in [0.25, 0.3) is 0 Å². The van der Waals surface area contributed by atoms with Crippen molar-refractivity contribution in [1.82, 2.24) is 15.5 Å². The monoisotopic (exact) mass is 487 g/mol. The van der Waals surface area contributed by atoms with E-state index in [-0.39, 0.29) is 47.3 Å². The Bertz CT molecular complexity index is 959. The molecule has 1 heterocycles. The van der Waals surface area contributed by atoms with Crippen LogP contribution in [0.3, 0.4) is 0 Å². The normalized spacial score (nSPS) is 28.1. The van der Waals surface area contributed by atoms with Gasteiger partial charge in [-0.3, -0.25) is 9.59 Å². The molecular weight excluding hydrogens is 452 g/mol. The summed E-state index contributed by atoms with van der Waals surface area (Å²) in [6.45, 7) is 1.41. The van der Waals surface area contributed by atoms with E-state index in [9.17, 15) is 18.4 Å². The number of unbranched alkanes of at least 4 members (excludes halogenated alkanes) is 1. The van der Waals surface area contributed by atoms with Gasteiger partial charge in [-0.05, 0) is 93.1 Å². The van der Waals surface area contributed by atoms with Crippen molar-refractivity contribution >= 4 is 11.8 Å². The Balaban J connectivity index is 1.17. The topological polar surface area (TPSA) is 70.7 Å². The standard InChI is InChI=1S/C27H35F2N3O3/c28-26(29)35-19-7-5-6-18(16-19)17-31-25(34)23-21-9-8-20(27(21)10-11-27)22(23)24(33)30-12-1-2-13-32-14-3-4-15-32/h5-9,16,20-23,26H,1-4,10-15,17H2,(H,30,33)(H,31,34)/t20-,21+,22-,23-/m1/s1. The Morgan fingerprint density at radius 2 is 1.71 bits per heavy atom. The van der Waals surface area contributed by atoms with Crippen LogP contribution in [0.5, 0.6) is 5.75 Å². The van der Waals surface area contributed by atoms with Crippen LogP contribution >= 0.6 is 0 Å². The van der Waals surface area contributed by atoms with Gasteiger partial charge in [0.05, 0.1) is 11.8 Å². The van der Waals surface area contributed by atoms with Crippen LogP contribution in [0, 0.1) is 29.1 Å². The first kappa shape index (κ1) is 24.2. The molecule has 3 fully saturated rings. The molecular formula is C27H35F2N3O3. The van der Waals surface area contributed by atoms with E-state index in [1.165, 1.54) is 38.1 Å². The summed E-state index contributed by atoms with van der Waals surface area (Å²) in [5.74, 6) is -0.613. The molecule has 4 aliphatic rings. The zero-order valence-corrected chi connectivity index (χ0v) is 20.1. The van der Waals surface area contributed by atoms with Gasteiger partial charge in [-0.15, -0.1) is 0 Å². The van der Waals surface area contributed by atoms with E-state index in [1.54, 1.807) is 12.1 Å². The van der Waals surface area contributed by atoms with E-state index in [1.807, 2.05) is 0 Å². The highest BCUT2D eigenvalue weighted by Gasteiger charge is 2.69. The van der Waals surface area contributed by atoms with Crippen molar-refractivity contribution in [2.45, 2.75) is 51.7 Å². The third-order valence-corrected chi connectivity index (χ3v) is 8.44. The number of hydrogen-bond acceptors (Lipinski definition) is 4. The minimum atomic E-state index is -2.89. The number of rotatable bonds is 11. The molecule has 2 bridgehead atoms. The van der Waals surface area contributed by atoms with Crippen LogP contribution in [0.1, 0.15) is 44.1 Å². The summed E-state index contributed by atoms with van der Waals surface area (Å²) in [5.41, 5.74) is 0.750. The van der Waals surface area contributed by atoms with E-state index in [0.29, 0.717) is 12.1 Å². The lowest BCUT2D eigenvalue weighted by Crippen LogP contribution is -2.44. The molecule has 6 nitrogen and oxygen atoms in total. The lowest BCUT2D eigenvalue weighted by atomic mass is 9.81. The molecule has 1 saturated heterocycles. The van der Waals surface area contributed by atoms with Gasteiger partial charge in [-0.25, -0.2) is 0 Å². The summed E-state index contributed by atoms with van der Waals surface area (Å²) >= 11 is 0. The Hall–Kier alpha value is -2.48. The van der Waals surface area contributed by atoms with Crippen LogP contribution in [0.15, 0.2) is 36.4 Å². The summed E-state index contributed by atoms with van der Waals surface area (Å²) in [7, 11) is 0. The molecule has 1 spiro atoms. The van der Waals surface area contributed by atoms with Crippen molar-refractivity contribution in [3.63, 3.8) is 0 Å². The lowest BCUT2D eigenvalue weighted by molar-refractivity contribution is -0.135. The fourth-order valence-corrected chi connectivity index (χ4v) is 6.64. The molecule has 3 aliphatic carbocycles. The number of ether oxygens (including phenoxy) is 1. The highest BCUT2D eigenvalue weighted by Crippen LogP contribution is 2.72. The number of benzene rings is 1. The molecule has 2 N–H and O–H groups in total. The van der Waals surface area contributed by atoms with E-state index in [0.717, 1.165) is 32.2 Å². The zero-order valence-electron chi connectivity index (χ0n) is 20.1. The average Bonchev–Trinajstić information content (AvgIpc) is 3.19. The Kier molecular flexibility index (Phi) is 7.09. The number of likely N-dealkylation sites (tertiary alicyclic amines) is 1. The van der Waals surface area contributed by atoms with Gasteiger partial charge < -0.3 is 20.3 Å². The van der Waals surface area contributed by atoms with Crippen LogP contribution < -0.4 is 15.4 Å². The Labute approximate surface area is 205 Å². The van der Waals surface area contributed by atoms with Crippen LogP contribution in [0.2, 0.25) is 0 Å². The van der Waals surface area contributed by atoms with Crippen molar-refractivity contribution in [2.75, 3.05) is 26.2 Å². The molecule has 5 rings (SSSR count). The average molecular weight is 488 g/mol. The van der Waals surface area contributed by atoms with Crippen molar-refractivity contribution < 1.29 is 23.1 Å². The van der Waals surface area contributed by atoms with Gasteiger partial charge in [0.25, 0.3) is 0 Å². The lowest BCUT2D eigenvalue weighted by Gasteiger charge is -2.26. The predicted molar refractivity (Wildman–Crippen MR) is 128 cm³/mol. The summed E-state index contributed by atoms with van der Waals surface area (Å²) in [6, 6.07) is 6.34. The maximum absolute atomic E-state index is 13.3. The number of allylic oxidation sites excluding steroid dienone is 2. The quantitative estimate of drug-likeness (QED) is 0.369. The van der Waals surface area contributed by atoms with E-state index in [2.05, 4.69) is 32.4 Å². The van der Waals surface area contributed by atoms with Gasteiger partial charge in [-0.2, -0.15) is 8.78 Å². The first-order valence-electron chi connectivity index (χ1n) is 13.0. The van der Waals surface area contributed by atoms with Gasteiger partial charge in [0, 0.05) is 13.1 Å². The molecule has 35 heavy (non-hydrogen) atoms. The van der Waals surface area contributed by atoms with Gasteiger partial charge >= 0.3 is 6.61 Å². The number of nitrogens with one attached hydrogen (secondary N) is 2. The van der Waals surface area contributed by atoms with E-state index in [4.69, 9.17) is 0 Å². The third kappa shape index (κ3) is 5.08. The number of hydrogen-bond donors (Lipinski definition) is 2. The van der Waals surface area contributed by atoms with Crippen molar-refractivity contribution in [3.8, 4) is 5.75 Å². The highest BCUT2D eigenvalue weighted by molar-refractivity contribution is 5.90. The van der Waals surface area contributed by atoms with Crippen LogP contribution in [-0.2, 0) is 16.1 Å². The fraction of sp³-hybridized carbons (Fsp3) is 0.630. The molecule has 1 aromatic carbocycles. The number of halogens is 2. The summed E-state index contributed by atoms with van der Waals surface area (Å²) in [4.78, 5) is 29.1. The molecule has 190 valence electrons. The van der Waals surface area contributed by atoms with Crippen molar-refractivity contribution in [2.24, 2.45) is 29.1 Å². The fourth-order valence-electron chi connectivity index (χ4n) is 6.64. The molecule has 4 atom stereocenters. The van der Waals surface area contributed by atoms with Crippen molar-refractivity contribution in [3.05, 3.63) is 42.0 Å². The SMILES string of the molecule is O=C(NCCCCN1CCCC1)[C@H]1[C@H](C(=O)NCc2cccc(OC(F)F)c2)[C@@H]2C=C[C@H]1C21CC1. The first-order chi connectivity index (χ1) is 17.0. The smallest absolute Gasteiger partial charge is 0.387 e. The maximum atomic E-state index is 13.3. The molecule has 0 unspecified atom stereocenters. The van der Waals surface area contributed by atoms with Gasteiger partial charge in [0.15, 0.2) is 0 Å². The molecule has 1 aromatic rings. The zero-order chi connectivity index (χ0) is 24.4. The van der Waals surface area contributed by atoms with Gasteiger partial charge in [0.1, 0.15) is 5.75 Å². The summed E-state index contributed by atoms with van der Waals surface area (Å²) in [6.07, 6.45) is 11.0. The molecule has 0 radical (unpaired) electrons. The number of carbonyl (C=O) groups is 2. The van der Waals surface area contributed by atoms with Crippen LogP contribution in [0.4, 0.5) is 8.78 Å². The Morgan fingerprint density at radius 3 is 2.37 bits per heavy atom. The van der Waals surface area contributed by atoms with Gasteiger partial charge in [-0.1, -0.05) is 24.3 Å². The third-order valence-electron chi connectivity index (χ3n) is 8.44. The predicted octanol–water partition coefficient (Wildman–Crippen LogP) is 3.72. The molecule has 1 aliphatic heterocycles. The number of nitrogens with zero attached hydrogens (tertiary/aromatic N) is 1. The molecule has 2 amide bonds. The summed E-state index contributed by atoms with van der Waals surface area (Å²) in [5, 5.41) is 6.09. The van der Waals surface area contributed by atoms with Crippen molar-refractivity contribution in [1.29, 1.82) is 0 Å². The maximum Gasteiger partial charge on any atom is 0.387 e. The second-order valence-electron chi connectivity index (χ2n) is 10.5. The second-order valence-corrected chi connectivity index (χ2v) is 10.5. The number of carbonyl (C=O) groups excluding carboxylic acids is 2. The number of amides is 2. The minimum absolute atomic E-state index is 0.0122. The number of alkyl halides is 2. The van der Waals surface area contributed by atoms with E-state index >= 15 is 0 Å². The second kappa shape index (κ2) is 10.2. The molecule has 8 heteroatoms. The van der Waals surface area contributed by atoms with E-state index < -0.39 is 12.5 Å². The molecule has 2 saturated carbocycles. The van der Waals surface area contributed by atoms with Gasteiger partial charge in [0.2, 0.25) is 11.8 Å². The summed E-state index contributed by atoms with van der Waals surface area (Å²) < 4.78 is 29.5.